The molecular formula is C15H22N4OS. The second kappa shape index (κ2) is 6.58. The highest BCUT2D eigenvalue weighted by Crippen LogP contribution is 2.31. The van der Waals surface area contributed by atoms with Crippen molar-refractivity contribution in [3.8, 4) is 0 Å². The quantitative estimate of drug-likeness (QED) is 0.919. The maximum Gasteiger partial charge on any atom is 0.226 e. The number of hydrogen-bond donors (Lipinski definition) is 1. The van der Waals surface area contributed by atoms with E-state index in [1.165, 1.54) is 0 Å². The van der Waals surface area contributed by atoms with E-state index in [-0.39, 0.29) is 0 Å². The number of nitrogens with one attached hydrogen (secondary N) is 1. The molecule has 0 spiro atoms. The Kier molecular flexibility index (Phi) is 4.55. The zero-order valence-electron chi connectivity index (χ0n) is 12.6. The van der Waals surface area contributed by atoms with Gasteiger partial charge in [0.25, 0.3) is 0 Å². The summed E-state index contributed by atoms with van der Waals surface area (Å²) in [6.07, 6.45) is 3.58. The minimum absolute atomic E-state index is 0.388. The van der Waals surface area contributed by atoms with Crippen LogP contribution in [0.5, 0.6) is 0 Å². The SMILES string of the molecule is CCCNc1nc(N2CCC(OC)CC2)c2ccsc2n1. The summed E-state index contributed by atoms with van der Waals surface area (Å²) in [5.41, 5.74) is 0. The predicted molar refractivity (Wildman–Crippen MR) is 88.4 cm³/mol. The van der Waals surface area contributed by atoms with Gasteiger partial charge < -0.3 is 15.0 Å². The lowest BCUT2D eigenvalue weighted by Gasteiger charge is -2.32. The largest absolute Gasteiger partial charge is 0.381 e. The minimum Gasteiger partial charge on any atom is -0.381 e. The van der Waals surface area contributed by atoms with Crippen molar-refractivity contribution >= 4 is 33.3 Å². The van der Waals surface area contributed by atoms with Crippen molar-refractivity contribution in [1.82, 2.24) is 9.97 Å². The molecule has 21 heavy (non-hydrogen) atoms. The van der Waals surface area contributed by atoms with E-state index in [4.69, 9.17) is 9.72 Å². The average Bonchev–Trinajstić information content (AvgIpc) is 3.00. The summed E-state index contributed by atoms with van der Waals surface area (Å²) < 4.78 is 5.45. The topological polar surface area (TPSA) is 50.3 Å². The number of hydrogen-bond acceptors (Lipinski definition) is 6. The number of rotatable bonds is 5. The van der Waals surface area contributed by atoms with Crippen LogP contribution in [0.4, 0.5) is 11.8 Å². The smallest absolute Gasteiger partial charge is 0.226 e. The summed E-state index contributed by atoms with van der Waals surface area (Å²) in [7, 11) is 1.80. The number of fused-ring (bicyclic) bond motifs is 1. The van der Waals surface area contributed by atoms with Crippen LogP contribution in [0.3, 0.4) is 0 Å². The molecule has 0 saturated carbocycles. The normalized spacial score (nSPS) is 16.6. The first-order valence-corrected chi connectivity index (χ1v) is 8.46. The van der Waals surface area contributed by atoms with Gasteiger partial charge in [-0.3, -0.25) is 0 Å². The van der Waals surface area contributed by atoms with Gasteiger partial charge in [-0.1, -0.05) is 6.92 Å². The highest BCUT2D eigenvalue weighted by Gasteiger charge is 2.22. The molecule has 1 fully saturated rings. The Labute approximate surface area is 129 Å². The number of ether oxygens (including phenoxy) is 1. The lowest BCUT2D eigenvalue weighted by Crippen LogP contribution is -2.37. The first kappa shape index (κ1) is 14.5. The van der Waals surface area contributed by atoms with Crippen molar-refractivity contribution in [1.29, 1.82) is 0 Å². The number of anilines is 2. The van der Waals surface area contributed by atoms with Crippen molar-refractivity contribution in [2.45, 2.75) is 32.3 Å². The van der Waals surface area contributed by atoms with E-state index in [1.54, 1.807) is 18.4 Å². The second-order valence-electron chi connectivity index (χ2n) is 5.36. The van der Waals surface area contributed by atoms with Crippen LogP contribution in [0, 0.1) is 0 Å². The first-order valence-electron chi connectivity index (χ1n) is 7.58. The zero-order valence-corrected chi connectivity index (χ0v) is 13.4. The Bertz CT molecular complexity index is 592. The van der Waals surface area contributed by atoms with E-state index >= 15 is 0 Å². The molecule has 0 atom stereocenters. The lowest BCUT2D eigenvalue weighted by atomic mass is 10.1. The minimum atomic E-state index is 0.388. The molecule has 0 radical (unpaired) electrons. The molecule has 0 amide bonds. The predicted octanol–water partition coefficient (Wildman–Crippen LogP) is 3.13. The van der Waals surface area contributed by atoms with E-state index in [9.17, 15) is 0 Å². The van der Waals surface area contributed by atoms with Crippen LogP contribution in [0.1, 0.15) is 26.2 Å². The van der Waals surface area contributed by atoms with Gasteiger partial charge in [0, 0.05) is 26.7 Å². The van der Waals surface area contributed by atoms with E-state index in [0.29, 0.717) is 6.10 Å². The molecule has 3 rings (SSSR count). The molecule has 2 aromatic rings. The Balaban J connectivity index is 1.87. The van der Waals surface area contributed by atoms with Crippen LogP contribution in [-0.2, 0) is 4.74 Å². The van der Waals surface area contributed by atoms with Crippen molar-refractivity contribution in [2.24, 2.45) is 0 Å². The molecule has 0 aromatic carbocycles. The standard InChI is InChI=1S/C15H22N4OS/c1-3-7-16-15-17-13(12-6-10-21-14(12)18-15)19-8-4-11(20-2)5-9-19/h6,10-11H,3-5,7-9H2,1-2H3,(H,16,17,18). The van der Waals surface area contributed by atoms with Crippen LogP contribution in [0.15, 0.2) is 11.4 Å². The lowest BCUT2D eigenvalue weighted by molar-refractivity contribution is 0.0818. The van der Waals surface area contributed by atoms with Gasteiger partial charge in [0.1, 0.15) is 10.6 Å². The molecule has 114 valence electrons. The maximum absolute atomic E-state index is 5.45. The molecule has 1 saturated heterocycles. The third kappa shape index (κ3) is 3.11. The second-order valence-corrected chi connectivity index (χ2v) is 6.25. The summed E-state index contributed by atoms with van der Waals surface area (Å²) in [6, 6.07) is 2.13. The molecule has 3 heterocycles. The van der Waals surface area contributed by atoms with Crippen molar-refractivity contribution < 1.29 is 4.74 Å². The summed E-state index contributed by atoms with van der Waals surface area (Å²) in [4.78, 5) is 12.8. The Hall–Kier alpha value is -1.40. The fourth-order valence-corrected chi connectivity index (χ4v) is 3.46. The third-order valence-electron chi connectivity index (χ3n) is 3.91. The maximum atomic E-state index is 5.45. The van der Waals surface area contributed by atoms with Gasteiger partial charge in [-0.2, -0.15) is 4.98 Å². The number of nitrogens with zero attached hydrogens (tertiary/aromatic N) is 3. The van der Waals surface area contributed by atoms with E-state index in [1.807, 2.05) is 0 Å². The Morgan fingerprint density at radius 1 is 1.38 bits per heavy atom. The number of methoxy groups -OCH3 is 1. The number of aromatic nitrogens is 2. The monoisotopic (exact) mass is 306 g/mol. The Morgan fingerprint density at radius 2 is 2.19 bits per heavy atom. The molecule has 0 unspecified atom stereocenters. The highest BCUT2D eigenvalue weighted by atomic mass is 32.1. The molecule has 0 bridgehead atoms. The van der Waals surface area contributed by atoms with Crippen LogP contribution in [0.2, 0.25) is 0 Å². The molecule has 6 heteroatoms. The highest BCUT2D eigenvalue weighted by molar-refractivity contribution is 7.16. The first-order chi connectivity index (χ1) is 10.3. The molecular weight excluding hydrogens is 284 g/mol. The third-order valence-corrected chi connectivity index (χ3v) is 4.72. The average molecular weight is 306 g/mol. The molecule has 1 N–H and O–H groups in total. The molecule has 1 aliphatic rings. The molecule has 2 aromatic heterocycles. The fraction of sp³-hybridized carbons (Fsp3) is 0.600. The van der Waals surface area contributed by atoms with Gasteiger partial charge >= 0.3 is 0 Å². The van der Waals surface area contributed by atoms with Gasteiger partial charge in [0.05, 0.1) is 11.5 Å². The van der Waals surface area contributed by atoms with Gasteiger partial charge in [0.2, 0.25) is 5.95 Å². The molecule has 5 nitrogen and oxygen atoms in total. The molecule has 0 aliphatic carbocycles. The summed E-state index contributed by atoms with van der Waals surface area (Å²) >= 11 is 1.68. The van der Waals surface area contributed by atoms with Gasteiger partial charge in [-0.15, -0.1) is 11.3 Å². The van der Waals surface area contributed by atoms with E-state index < -0.39 is 0 Å². The fourth-order valence-electron chi connectivity index (χ4n) is 2.70. The van der Waals surface area contributed by atoms with E-state index in [0.717, 1.165) is 60.9 Å². The van der Waals surface area contributed by atoms with E-state index in [2.05, 4.69) is 33.6 Å². The van der Waals surface area contributed by atoms with Crippen molar-refractivity contribution in [3.63, 3.8) is 0 Å². The Morgan fingerprint density at radius 3 is 2.90 bits per heavy atom. The summed E-state index contributed by atoms with van der Waals surface area (Å²) in [5.74, 6) is 1.81. The number of piperidine rings is 1. The van der Waals surface area contributed by atoms with Gasteiger partial charge in [-0.25, -0.2) is 4.98 Å². The molecule has 1 aliphatic heterocycles. The van der Waals surface area contributed by atoms with Crippen LogP contribution in [-0.4, -0.2) is 42.8 Å². The zero-order chi connectivity index (χ0) is 14.7. The van der Waals surface area contributed by atoms with Crippen LogP contribution < -0.4 is 10.2 Å². The summed E-state index contributed by atoms with van der Waals surface area (Å²) in [5, 5.41) is 6.57. The number of thiophene rings is 1. The van der Waals surface area contributed by atoms with Crippen molar-refractivity contribution in [2.75, 3.05) is 37.0 Å². The van der Waals surface area contributed by atoms with Gasteiger partial charge in [-0.05, 0) is 30.7 Å². The van der Waals surface area contributed by atoms with Gasteiger partial charge in [0.15, 0.2) is 0 Å². The summed E-state index contributed by atoms with van der Waals surface area (Å²) in [6.45, 7) is 5.04. The van der Waals surface area contributed by atoms with Crippen LogP contribution >= 0.6 is 11.3 Å². The van der Waals surface area contributed by atoms with Crippen LogP contribution in [0.25, 0.3) is 10.2 Å². The van der Waals surface area contributed by atoms with Crippen molar-refractivity contribution in [3.05, 3.63) is 11.4 Å².